The Hall–Kier alpha value is -1.79. The molecule has 0 bridgehead atoms. The molecule has 1 aliphatic rings. The molecule has 0 radical (unpaired) electrons. The summed E-state index contributed by atoms with van der Waals surface area (Å²) in [6.07, 6.45) is 1.58. The van der Waals surface area contributed by atoms with E-state index in [2.05, 4.69) is 15.5 Å². The van der Waals surface area contributed by atoms with Gasteiger partial charge in [0.15, 0.2) is 5.82 Å². The number of benzene rings is 1. The molecule has 6 heteroatoms. The molecule has 2 N–H and O–H groups in total. The van der Waals surface area contributed by atoms with Crippen molar-refractivity contribution in [2.75, 3.05) is 13.1 Å². The van der Waals surface area contributed by atoms with Crippen LogP contribution in [-0.4, -0.2) is 28.3 Å². The summed E-state index contributed by atoms with van der Waals surface area (Å²) in [5, 5.41) is 17.5. The average molecular weight is 277 g/mol. The average Bonchev–Trinajstić information content (AvgIpc) is 2.92. The number of piperidine rings is 1. The predicted octanol–water partition coefficient (Wildman–Crippen LogP) is 1.37. The van der Waals surface area contributed by atoms with Gasteiger partial charge in [-0.25, -0.2) is 4.39 Å². The fourth-order valence-corrected chi connectivity index (χ4v) is 2.35. The molecule has 0 atom stereocenters. The summed E-state index contributed by atoms with van der Waals surface area (Å²) in [5.74, 6) is 0.501. The predicted molar refractivity (Wildman–Crippen MR) is 69.5 cm³/mol. The Morgan fingerprint density at radius 3 is 2.65 bits per heavy atom. The molecule has 2 heterocycles. The molecule has 0 saturated carbocycles. The maximum Gasteiger partial charge on any atom is 0.258 e. The van der Waals surface area contributed by atoms with Crippen molar-refractivity contribution in [2.45, 2.75) is 24.9 Å². The fraction of sp³-hybridized carbons (Fsp3) is 0.429. The minimum absolute atomic E-state index is 0.272. The lowest BCUT2D eigenvalue weighted by Gasteiger charge is -2.28. The third-order valence-corrected chi connectivity index (χ3v) is 3.57. The number of halogens is 1. The maximum absolute atomic E-state index is 12.8. The van der Waals surface area contributed by atoms with Gasteiger partial charge in [-0.1, -0.05) is 17.3 Å². The minimum atomic E-state index is -1.03. The van der Waals surface area contributed by atoms with Crippen LogP contribution in [0.3, 0.4) is 0 Å². The molecule has 5 nitrogen and oxygen atoms in total. The van der Waals surface area contributed by atoms with Gasteiger partial charge in [-0.3, -0.25) is 0 Å². The highest BCUT2D eigenvalue weighted by Crippen LogP contribution is 2.29. The molecule has 1 aromatic carbocycles. The van der Waals surface area contributed by atoms with Crippen molar-refractivity contribution in [2.24, 2.45) is 0 Å². The minimum Gasteiger partial charge on any atom is -0.380 e. The highest BCUT2D eigenvalue weighted by atomic mass is 19.1. The zero-order valence-electron chi connectivity index (χ0n) is 11.0. The summed E-state index contributed by atoms with van der Waals surface area (Å²) in [4.78, 5) is 4.27. The van der Waals surface area contributed by atoms with Crippen molar-refractivity contribution in [3.05, 3.63) is 47.4 Å². The van der Waals surface area contributed by atoms with Crippen LogP contribution in [0.15, 0.2) is 28.8 Å². The van der Waals surface area contributed by atoms with Crippen LogP contribution in [0.4, 0.5) is 4.39 Å². The van der Waals surface area contributed by atoms with Crippen molar-refractivity contribution in [3.63, 3.8) is 0 Å². The van der Waals surface area contributed by atoms with E-state index < -0.39 is 5.60 Å². The Morgan fingerprint density at radius 2 is 1.95 bits per heavy atom. The van der Waals surface area contributed by atoms with Crippen molar-refractivity contribution in [1.82, 2.24) is 15.5 Å². The molecule has 0 amide bonds. The Kier molecular flexibility index (Phi) is 3.50. The number of hydrogen-bond donors (Lipinski definition) is 2. The van der Waals surface area contributed by atoms with E-state index in [9.17, 15) is 9.50 Å². The Labute approximate surface area is 115 Å². The van der Waals surface area contributed by atoms with Crippen molar-refractivity contribution >= 4 is 0 Å². The highest BCUT2D eigenvalue weighted by Gasteiger charge is 2.36. The first-order valence-electron chi connectivity index (χ1n) is 6.66. The number of aromatic nitrogens is 2. The quantitative estimate of drug-likeness (QED) is 0.886. The first-order chi connectivity index (χ1) is 9.66. The zero-order chi connectivity index (χ0) is 14.0. The molecule has 1 fully saturated rings. The van der Waals surface area contributed by atoms with Gasteiger partial charge in [-0.05, 0) is 43.6 Å². The van der Waals surface area contributed by atoms with Crippen LogP contribution in [-0.2, 0) is 12.0 Å². The number of hydrogen-bond acceptors (Lipinski definition) is 5. The van der Waals surface area contributed by atoms with Crippen LogP contribution in [0.1, 0.15) is 30.1 Å². The maximum atomic E-state index is 12.8. The zero-order valence-corrected chi connectivity index (χ0v) is 11.0. The van der Waals surface area contributed by atoms with E-state index in [1.165, 1.54) is 12.1 Å². The van der Waals surface area contributed by atoms with E-state index >= 15 is 0 Å². The van der Waals surface area contributed by atoms with Gasteiger partial charge in [0, 0.05) is 6.42 Å². The van der Waals surface area contributed by atoms with Crippen molar-refractivity contribution in [3.8, 4) is 0 Å². The molecule has 1 aliphatic heterocycles. The smallest absolute Gasteiger partial charge is 0.258 e. The molecule has 0 aliphatic carbocycles. The van der Waals surface area contributed by atoms with E-state index in [1.54, 1.807) is 12.1 Å². The standard InChI is InChI=1S/C14H16FN3O2/c15-11-3-1-10(2-4-11)9-12-17-13(20-18-12)14(19)5-7-16-8-6-14/h1-4,16,19H,5-9H2. The van der Waals surface area contributed by atoms with Crippen LogP contribution in [0.25, 0.3) is 0 Å². The molecule has 2 aromatic rings. The van der Waals surface area contributed by atoms with Gasteiger partial charge in [-0.15, -0.1) is 0 Å². The largest absolute Gasteiger partial charge is 0.380 e. The molecule has 20 heavy (non-hydrogen) atoms. The van der Waals surface area contributed by atoms with E-state index in [0.29, 0.717) is 25.1 Å². The number of nitrogens with zero attached hydrogens (tertiary/aromatic N) is 2. The molecule has 0 unspecified atom stereocenters. The number of nitrogens with one attached hydrogen (secondary N) is 1. The number of rotatable bonds is 3. The Balaban J connectivity index is 1.74. The SMILES string of the molecule is OC1(c2nc(Cc3ccc(F)cc3)no2)CCNCC1. The van der Waals surface area contributed by atoms with E-state index in [1.807, 2.05) is 0 Å². The Morgan fingerprint density at radius 1 is 1.25 bits per heavy atom. The second-order valence-electron chi connectivity index (χ2n) is 5.10. The van der Waals surface area contributed by atoms with Gasteiger partial charge in [0.25, 0.3) is 5.89 Å². The van der Waals surface area contributed by atoms with Gasteiger partial charge in [-0.2, -0.15) is 4.98 Å². The third kappa shape index (κ3) is 2.71. The third-order valence-electron chi connectivity index (χ3n) is 3.57. The molecule has 1 saturated heterocycles. The molecule has 0 spiro atoms. The van der Waals surface area contributed by atoms with E-state index in [0.717, 1.165) is 18.7 Å². The first kappa shape index (κ1) is 13.2. The monoisotopic (exact) mass is 277 g/mol. The van der Waals surface area contributed by atoms with E-state index in [4.69, 9.17) is 4.52 Å². The number of aliphatic hydroxyl groups is 1. The molecular weight excluding hydrogens is 261 g/mol. The Bertz CT molecular complexity index is 576. The summed E-state index contributed by atoms with van der Waals surface area (Å²) >= 11 is 0. The summed E-state index contributed by atoms with van der Waals surface area (Å²) < 4.78 is 18.0. The van der Waals surface area contributed by atoms with Crippen LogP contribution in [0.2, 0.25) is 0 Å². The summed E-state index contributed by atoms with van der Waals surface area (Å²) in [6, 6.07) is 6.17. The van der Waals surface area contributed by atoms with Crippen molar-refractivity contribution < 1.29 is 14.0 Å². The highest BCUT2D eigenvalue weighted by molar-refractivity contribution is 5.19. The first-order valence-corrected chi connectivity index (χ1v) is 6.66. The van der Waals surface area contributed by atoms with Gasteiger partial charge < -0.3 is 14.9 Å². The summed E-state index contributed by atoms with van der Waals surface area (Å²) in [5.41, 5.74) is -0.129. The lowest BCUT2D eigenvalue weighted by atomic mass is 9.92. The molecule has 106 valence electrons. The van der Waals surface area contributed by atoms with Gasteiger partial charge in [0.2, 0.25) is 0 Å². The van der Waals surface area contributed by atoms with Gasteiger partial charge >= 0.3 is 0 Å². The second kappa shape index (κ2) is 5.30. The fourth-order valence-electron chi connectivity index (χ4n) is 2.35. The lowest BCUT2D eigenvalue weighted by molar-refractivity contribution is -0.0228. The molecular formula is C14H16FN3O2. The molecule has 1 aromatic heterocycles. The summed E-state index contributed by atoms with van der Waals surface area (Å²) in [6.45, 7) is 1.46. The molecule has 3 rings (SSSR count). The van der Waals surface area contributed by atoms with Crippen molar-refractivity contribution in [1.29, 1.82) is 0 Å². The van der Waals surface area contributed by atoms with E-state index in [-0.39, 0.29) is 11.7 Å². The van der Waals surface area contributed by atoms with Gasteiger partial charge in [0.1, 0.15) is 11.4 Å². The van der Waals surface area contributed by atoms with Crippen LogP contribution in [0.5, 0.6) is 0 Å². The lowest BCUT2D eigenvalue weighted by Crippen LogP contribution is -2.39. The normalized spacial score (nSPS) is 18.1. The van der Waals surface area contributed by atoms with Gasteiger partial charge in [0.05, 0.1) is 0 Å². The van der Waals surface area contributed by atoms with Crippen LogP contribution >= 0.6 is 0 Å². The van der Waals surface area contributed by atoms with Crippen LogP contribution in [0, 0.1) is 5.82 Å². The summed E-state index contributed by atoms with van der Waals surface area (Å²) in [7, 11) is 0. The van der Waals surface area contributed by atoms with Crippen LogP contribution < -0.4 is 5.32 Å². The second-order valence-corrected chi connectivity index (χ2v) is 5.10. The topological polar surface area (TPSA) is 71.2 Å².